The summed E-state index contributed by atoms with van der Waals surface area (Å²) in [7, 11) is 1.63. The van der Waals surface area contributed by atoms with Crippen LogP contribution in [0.5, 0.6) is 5.75 Å². The van der Waals surface area contributed by atoms with Gasteiger partial charge < -0.3 is 4.74 Å². The average molecular weight is 345 g/mol. The molecule has 11 heavy (non-hydrogen) atoms. The van der Waals surface area contributed by atoms with Crippen LogP contribution in [-0.4, -0.2) is 7.11 Å². The fraction of sp³-hybridized carbons (Fsp3) is 0.143. The van der Waals surface area contributed by atoms with Crippen molar-refractivity contribution in [2.75, 3.05) is 7.11 Å². The molecule has 0 unspecified atom stereocenters. The van der Waals surface area contributed by atoms with E-state index in [1.807, 2.05) is 12.1 Å². The van der Waals surface area contributed by atoms with Crippen LogP contribution in [0.1, 0.15) is 0 Å². The second-order valence-corrected chi connectivity index (χ2v) is 4.31. The molecule has 0 amide bonds. The van der Waals surface area contributed by atoms with E-state index in [1.54, 1.807) is 7.11 Å². The highest BCUT2D eigenvalue weighted by molar-refractivity contribution is 14.1. The fourth-order valence-electron chi connectivity index (χ4n) is 0.687. The number of ether oxygens (including phenoxy) is 1. The van der Waals surface area contributed by atoms with E-state index < -0.39 is 0 Å². The van der Waals surface area contributed by atoms with Crippen molar-refractivity contribution in [3.05, 3.63) is 20.2 Å². The van der Waals surface area contributed by atoms with Gasteiger partial charge in [-0.05, 0) is 50.7 Å². The first-order chi connectivity index (χ1) is 5.16. The summed E-state index contributed by atoms with van der Waals surface area (Å²) in [5, 5.41) is 0. The normalized spacial score (nSPS) is 9.82. The molecule has 0 aromatic heterocycles. The Kier molecular flexibility index (Phi) is 3.52. The van der Waals surface area contributed by atoms with E-state index in [-0.39, 0.29) is 0 Å². The van der Waals surface area contributed by atoms with Crippen LogP contribution in [0.2, 0.25) is 0 Å². The molecule has 0 spiro atoms. The van der Waals surface area contributed by atoms with Gasteiger partial charge in [0, 0.05) is 8.04 Å². The zero-order chi connectivity index (χ0) is 8.43. The van der Waals surface area contributed by atoms with E-state index in [1.165, 1.54) is 0 Å². The molecule has 1 aromatic rings. The van der Waals surface area contributed by atoms with Crippen LogP contribution in [-0.2, 0) is 0 Å². The minimum absolute atomic E-state index is 0.792. The molecule has 0 aliphatic carbocycles. The van der Waals surface area contributed by atoms with E-state index >= 15 is 0 Å². The monoisotopic (exact) mass is 344 g/mol. The van der Waals surface area contributed by atoms with Crippen LogP contribution in [0.3, 0.4) is 0 Å². The van der Waals surface area contributed by atoms with Crippen molar-refractivity contribution < 1.29 is 4.74 Å². The number of hydrogen-bond donors (Lipinski definition) is 1. The lowest BCUT2D eigenvalue weighted by Gasteiger charge is -2.05. The molecule has 60 valence electrons. The molecule has 1 aromatic carbocycles. The first-order valence-electron chi connectivity index (χ1n) is 2.87. The molecule has 1 rings (SSSR count). The average Bonchev–Trinajstić information content (AvgIpc) is 2.01. The summed E-state index contributed by atoms with van der Waals surface area (Å²) < 4.78 is 7.19. The Labute approximate surface area is 93.2 Å². The maximum Gasteiger partial charge on any atom is 0.133 e. The largest absolute Gasteiger partial charge is 0.496 e. The van der Waals surface area contributed by atoms with Gasteiger partial charge in [-0.25, -0.2) is 0 Å². The summed E-state index contributed by atoms with van der Waals surface area (Å²) >= 11 is 9.92. The molecule has 0 fully saturated rings. The highest BCUT2D eigenvalue weighted by atomic mass is 127. The first-order valence-corrected chi connectivity index (χ1v) is 5.19. The number of benzene rings is 1. The molecule has 1 nitrogen and oxygen atoms in total. The van der Waals surface area contributed by atoms with E-state index in [4.69, 9.17) is 4.74 Å². The van der Waals surface area contributed by atoms with Crippen LogP contribution in [0.15, 0.2) is 21.5 Å². The third-order valence-electron chi connectivity index (χ3n) is 1.25. The molecular formula is C7H6BrIOS. The standard InChI is InChI=1S/C7H6BrIOS/c1-10-5-3-2-4(9)6(8)7(5)11/h2-3,11H,1H3. The minimum Gasteiger partial charge on any atom is -0.496 e. The fourth-order valence-corrected chi connectivity index (χ4v) is 1.96. The van der Waals surface area contributed by atoms with Gasteiger partial charge in [0.15, 0.2) is 0 Å². The van der Waals surface area contributed by atoms with Crippen molar-refractivity contribution in [1.82, 2.24) is 0 Å². The Morgan fingerprint density at radius 2 is 2.18 bits per heavy atom. The molecule has 4 heteroatoms. The summed E-state index contributed by atoms with van der Waals surface area (Å²) in [6, 6.07) is 3.87. The second kappa shape index (κ2) is 4.00. The number of rotatable bonds is 1. The number of methoxy groups -OCH3 is 1. The van der Waals surface area contributed by atoms with Gasteiger partial charge in [0.25, 0.3) is 0 Å². The lowest BCUT2D eigenvalue weighted by Crippen LogP contribution is -1.86. The molecule has 0 saturated heterocycles. The zero-order valence-electron chi connectivity index (χ0n) is 5.77. The Morgan fingerprint density at radius 3 is 2.73 bits per heavy atom. The van der Waals surface area contributed by atoms with Crippen molar-refractivity contribution in [3.63, 3.8) is 0 Å². The quantitative estimate of drug-likeness (QED) is 0.607. The molecule has 0 aliphatic rings. The van der Waals surface area contributed by atoms with Gasteiger partial charge in [-0.1, -0.05) is 0 Å². The van der Waals surface area contributed by atoms with Crippen LogP contribution in [0.4, 0.5) is 0 Å². The van der Waals surface area contributed by atoms with Gasteiger partial charge in [-0.15, -0.1) is 12.6 Å². The lowest BCUT2D eigenvalue weighted by molar-refractivity contribution is 0.404. The predicted octanol–water partition coefficient (Wildman–Crippen LogP) is 3.35. The second-order valence-electron chi connectivity index (χ2n) is 1.91. The number of halogens is 2. The maximum atomic E-state index is 5.07. The molecule has 0 saturated carbocycles. The van der Waals surface area contributed by atoms with E-state index in [0.717, 1.165) is 18.7 Å². The zero-order valence-corrected chi connectivity index (χ0v) is 10.4. The number of thiol groups is 1. The van der Waals surface area contributed by atoms with Gasteiger partial charge in [0.1, 0.15) is 5.75 Å². The van der Waals surface area contributed by atoms with Gasteiger partial charge in [0.2, 0.25) is 0 Å². The Bertz CT molecular complexity index is 277. The van der Waals surface area contributed by atoms with Gasteiger partial charge in [-0.2, -0.15) is 0 Å². The third kappa shape index (κ3) is 2.03. The highest BCUT2D eigenvalue weighted by Gasteiger charge is 2.05. The molecule has 0 bridgehead atoms. The van der Waals surface area contributed by atoms with E-state index in [9.17, 15) is 0 Å². The Balaban J connectivity index is 3.25. The van der Waals surface area contributed by atoms with Crippen molar-refractivity contribution in [1.29, 1.82) is 0 Å². The van der Waals surface area contributed by atoms with Crippen molar-refractivity contribution in [2.24, 2.45) is 0 Å². The minimum atomic E-state index is 0.792. The predicted molar refractivity (Wildman–Crippen MR) is 60.7 cm³/mol. The summed E-state index contributed by atoms with van der Waals surface area (Å²) in [5.41, 5.74) is 0. The van der Waals surface area contributed by atoms with Crippen molar-refractivity contribution in [2.45, 2.75) is 4.90 Å². The van der Waals surface area contributed by atoms with Gasteiger partial charge in [0.05, 0.1) is 12.0 Å². The Hall–Kier alpha value is 0.580. The van der Waals surface area contributed by atoms with Crippen molar-refractivity contribution >= 4 is 51.1 Å². The SMILES string of the molecule is COc1ccc(I)c(Br)c1S. The maximum absolute atomic E-state index is 5.07. The summed E-state index contributed by atoms with van der Waals surface area (Å²) in [4.78, 5) is 0.847. The third-order valence-corrected chi connectivity index (χ3v) is 4.47. The summed E-state index contributed by atoms with van der Waals surface area (Å²) in [6.07, 6.45) is 0. The van der Waals surface area contributed by atoms with E-state index in [2.05, 4.69) is 51.1 Å². The van der Waals surface area contributed by atoms with Gasteiger partial charge in [-0.3, -0.25) is 0 Å². The van der Waals surface area contributed by atoms with Crippen LogP contribution in [0.25, 0.3) is 0 Å². The van der Waals surface area contributed by atoms with Crippen molar-refractivity contribution in [3.8, 4) is 5.75 Å². The topological polar surface area (TPSA) is 9.23 Å². The van der Waals surface area contributed by atoms with Crippen LogP contribution < -0.4 is 4.74 Å². The summed E-state index contributed by atoms with van der Waals surface area (Å²) in [5.74, 6) is 0.792. The first kappa shape index (κ1) is 9.67. The van der Waals surface area contributed by atoms with Gasteiger partial charge >= 0.3 is 0 Å². The molecule has 0 heterocycles. The highest BCUT2D eigenvalue weighted by Crippen LogP contribution is 2.33. The molecule has 0 aliphatic heterocycles. The summed E-state index contributed by atoms with van der Waals surface area (Å²) in [6.45, 7) is 0. The van der Waals surface area contributed by atoms with Crippen LogP contribution in [0, 0.1) is 3.57 Å². The molecule has 0 atom stereocenters. The Morgan fingerprint density at radius 1 is 1.55 bits per heavy atom. The molecule has 0 radical (unpaired) electrons. The molecule has 0 N–H and O–H groups in total. The lowest BCUT2D eigenvalue weighted by atomic mass is 10.3. The number of hydrogen-bond acceptors (Lipinski definition) is 2. The van der Waals surface area contributed by atoms with Crippen LogP contribution >= 0.6 is 51.1 Å². The van der Waals surface area contributed by atoms with E-state index in [0.29, 0.717) is 0 Å². The molecular weight excluding hydrogens is 339 g/mol. The smallest absolute Gasteiger partial charge is 0.133 e.